The van der Waals surface area contributed by atoms with Crippen molar-refractivity contribution in [1.29, 1.82) is 5.26 Å². The van der Waals surface area contributed by atoms with Crippen LogP contribution in [0.4, 0.5) is 5.69 Å². The molecule has 0 aromatic heterocycles. The molecule has 0 heterocycles. The highest BCUT2D eigenvalue weighted by molar-refractivity contribution is 6.09. The average molecular weight is 335 g/mol. The first-order valence-corrected chi connectivity index (χ1v) is 7.49. The van der Waals surface area contributed by atoms with E-state index in [1.165, 1.54) is 6.08 Å². The number of nitriles is 1. The molecule has 2 amide bonds. The lowest BCUT2D eigenvalue weighted by atomic mass is 10.1. The van der Waals surface area contributed by atoms with Crippen molar-refractivity contribution in [2.75, 3.05) is 11.9 Å². The first kappa shape index (κ1) is 17.8. The van der Waals surface area contributed by atoms with E-state index in [-0.39, 0.29) is 12.2 Å². The van der Waals surface area contributed by atoms with Crippen LogP contribution in [-0.4, -0.2) is 18.4 Å². The van der Waals surface area contributed by atoms with E-state index in [0.717, 1.165) is 5.56 Å². The fourth-order valence-corrected chi connectivity index (χ4v) is 2.03. The maximum absolute atomic E-state index is 12.3. The number of para-hydroxylation sites is 1. The summed E-state index contributed by atoms with van der Waals surface area (Å²) >= 11 is 0. The number of rotatable bonds is 6. The van der Waals surface area contributed by atoms with Gasteiger partial charge >= 0.3 is 0 Å². The molecule has 2 aromatic carbocycles. The summed E-state index contributed by atoms with van der Waals surface area (Å²) in [6, 6.07) is 15.8. The van der Waals surface area contributed by atoms with Crippen molar-refractivity contribution in [2.45, 2.75) is 6.92 Å². The Hall–Kier alpha value is -3.59. The minimum atomic E-state index is -0.566. The van der Waals surface area contributed by atoms with Crippen molar-refractivity contribution in [2.24, 2.45) is 5.73 Å². The van der Waals surface area contributed by atoms with Crippen LogP contribution in [0.15, 0.2) is 54.1 Å². The highest BCUT2D eigenvalue weighted by Crippen LogP contribution is 2.17. The molecule has 0 spiro atoms. The number of amides is 2. The molecule has 0 saturated heterocycles. The van der Waals surface area contributed by atoms with Gasteiger partial charge in [-0.1, -0.05) is 30.3 Å². The summed E-state index contributed by atoms with van der Waals surface area (Å²) in [6.07, 6.45) is 1.48. The number of benzene rings is 2. The molecule has 0 aliphatic heterocycles. The monoisotopic (exact) mass is 335 g/mol. The second kappa shape index (κ2) is 8.31. The van der Waals surface area contributed by atoms with Crippen LogP contribution in [0.2, 0.25) is 0 Å². The summed E-state index contributed by atoms with van der Waals surface area (Å²) in [6.45, 7) is 1.66. The van der Waals surface area contributed by atoms with Gasteiger partial charge in [0.1, 0.15) is 17.4 Å². The molecule has 6 heteroatoms. The van der Waals surface area contributed by atoms with Gasteiger partial charge in [0.25, 0.3) is 11.8 Å². The third-order valence-corrected chi connectivity index (χ3v) is 3.33. The van der Waals surface area contributed by atoms with Crippen LogP contribution >= 0.6 is 0 Å². The van der Waals surface area contributed by atoms with Crippen LogP contribution in [0, 0.1) is 18.3 Å². The number of anilines is 1. The zero-order chi connectivity index (χ0) is 18.2. The van der Waals surface area contributed by atoms with Gasteiger partial charge in [0.15, 0.2) is 6.61 Å². The van der Waals surface area contributed by atoms with Crippen molar-refractivity contribution in [3.8, 4) is 11.8 Å². The van der Waals surface area contributed by atoms with Gasteiger partial charge in [-0.15, -0.1) is 0 Å². The molecule has 6 nitrogen and oxygen atoms in total. The van der Waals surface area contributed by atoms with E-state index in [0.29, 0.717) is 17.0 Å². The molecule has 2 aromatic rings. The molecule has 0 aliphatic rings. The second-order valence-electron chi connectivity index (χ2n) is 5.26. The standard InChI is InChI=1S/C19H17N3O3/c1-13-4-2-3-5-17(13)22-19(24)15(11-20)10-14-6-8-16(9-7-14)25-12-18(21)23/h2-10H,12H2,1H3,(H2,21,23)(H,22,24)/b15-10+. The number of carbonyl (C=O) groups is 2. The Kier molecular flexibility index (Phi) is 5.91. The SMILES string of the molecule is Cc1ccccc1NC(=O)/C(C#N)=C/c1ccc(OCC(N)=O)cc1. The van der Waals surface area contributed by atoms with Gasteiger partial charge in [0, 0.05) is 5.69 Å². The maximum Gasteiger partial charge on any atom is 0.266 e. The van der Waals surface area contributed by atoms with Crippen LogP contribution < -0.4 is 15.8 Å². The number of aryl methyl sites for hydroxylation is 1. The van der Waals surface area contributed by atoms with Crippen molar-refractivity contribution < 1.29 is 14.3 Å². The molecule has 0 aliphatic carbocycles. The van der Waals surface area contributed by atoms with Gasteiger partial charge in [0.2, 0.25) is 0 Å². The highest BCUT2D eigenvalue weighted by Gasteiger charge is 2.10. The number of primary amides is 1. The van der Waals surface area contributed by atoms with Crippen molar-refractivity contribution in [1.82, 2.24) is 0 Å². The molecule has 126 valence electrons. The van der Waals surface area contributed by atoms with Crippen LogP contribution in [0.25, 0.3) is 6.08 Å². The molecule has 0 saturated carbocycles. The lowest BCUT2D eigenvalue weighted by molar-refractivity contribution is -0.120. The van der Waals surface area contributed by atoms with Crippen LogP contribution in [0.3, 0.4) is 0 Å². The van der Waals surface area contributed by atoms with Crippen LogP contribution in [0.1, 0.15) is 11.1 Å². The number of carbonyl (C=O) groups excluding carboxylic acids is 2. The molecular weight excluding hydrogens is 318 g/mol. The van der Waals surface area contributed by atoms with E-state index in [2.05, 4.69) is 5.32 Å². The Morgan fingerprint density at radius 1 is 1.20 bits per heavy atom. The van der Waals surface area contributed by atoms with Gasteiger partial charge in [-0.3, -0.25) is 9.59 Å². The van der Waals surface area contributed by atoms with Crippen molar-refractivity contribution >= 4 is 23.6 Å². The minimum Gasteiger partial charge on any atom is -0.484 e. The molecule has 25 heavy (non-hydrogen) atoms. The summed E-state index contributed by atoms with van der Waals surface area (Å²) in [7, 11) is 0. The summed E-state index contributed by atoms with van der Waals surface area (Å²) in [4.78, 5) is 22.9. The largest absolute Gasteiger partial charge is 0.484 e. The smallest absolute Gasteiger partial charge is 0.266 e. The lowest BCUT2D eigenvalue weighted by Crippen LogP contribution is -2.19. The van der Waals surface area contributed by atoms with Gasteiger partial charge in [-0.2, -0.15) is 5.26 Å². The highest BCUT2D eigenvalue weighted by atomic mass is 16.5. The third kappa shape index (κ3) is 5.22. The Morgan fingerprint density at radius 3 is 2.48 bits per heavy atom. The normalized spacial score (nSPS) is 10.6. The number of nitrogens with two attached hydrogens (primary N) is 1. The van der Waals surface area contributed by atoms with E-state index < -0.39 is 11.8 Å². The van der Waals surface area contributed by atoms with Gasteiger partial charge in [0.05, 0.1) is 0 Å². The van der Waals surface area contributed by atoms with E-state index in [9.17, 15) is 14.9 Å². The molecular formula is C19H17N3O3. The Bertz CT molecular complexity index is 849. The number of ether oxygens (including phenoxy) is 1. The number of nitrogens with one attached hydrogen (secondary N) is 1. The molecule has 0 fully saturated rings. The topological polar surface area (TPSA) is 105 Å². The van der Waals surface area contributed by atoms with Gasteiger partial charge < -0.3 is 15.8 Å². The first-order chi connectivity index (χ1) is 12.0. The fourth-order valence-electron chi connectivity index (χ4n) is 2.03. The fraction of sp³-hybridized carbons (Fsp3) is 0.105. The van der Waals surface area contributed by atoms with E-state index >= 15 is 0 Å². The average Bonchev–Trinajstić information content (AvgIpc) is 2.60. The zero-order valence-corrected chi connectivity index (χ0v) is 13.7. The summed E-state index contributed by atoms with van der Waals surface area (Å²) in [5, 5.41) is 12.0. The summed E-state index contributed by atoms with van der Waals surface area (Å²) in [5.74, 6) is -0.576. The number of hydrogen-bond donors (Lipinski definition) is 2. The lowest BCUT2D eigenvalue weighted by Gasteiger charge is -2.07. The van der Waals surface area contributed by atoms with Gasteiger partial charge in [-0.05, 0) is 42.3 Å². The minimum absolute atomic E-state index is 0.0194. The quantitative estimate of drug-likeness (QED) is 0.624. The van der Waals surface area contributed by atoms with Crippen LogP contribution in [0.5, 0.6) is 5.75 Å². The molecule has 0 atom stereocenters. The molecule has 0 radical (unpaired) electrons. The van der Waals surface area contributed by atoms with E-state index in [1.54, 1.807) is 30.3 Å². The molecule has 2 rings (SSSR count). The Balaban J connectivity index is 2.11. The summed E-state index contributed by atoms with van der Waals surface area (Å²) in [5.41, 5.74) is 7.21. The van der Waals surface area contributed by atoms with Gasteiger partial charge in [-0.25, -0.2) is 0 Å². The Labute approximate surface area is 145 Å². The predicted octanol–water partition coefficient (Wildman–Crippen LogP) is 2.40. The summed E-state index contributed by atoms with van der Waals surface area (Å²) < 4.78 is 5.15. The Morgan fingerprint density at radius 2 is 1.88 bits per heavy atom. The maximum atomic E-state index is 12.3. The molecule has 0 unspecified atom stereocenters. The van der Waals surface area contributed by atoms with E-state index in [4.69, 9.17) is 10.5 Å². The van der Waals surface area contributed by atoms with Crippen molar-refractivity contribution in [3.05, 3.63) is 65.2 Å². The first-order valence-electron chi connectivity index (χ1n) is 7.49. The van der Waals surface area contributed by atoms with E-state index in [1.807, 2.05) is 31.2 Å². The zero-order valence-electron chi connectivity index (χ0n) is 13.7. The molecule has 3 N–H and O–H groups in total. The second-order valence-corrected chi connectivity index (χ2v) is 5.26. The molecule has 0 bridgehead atoms. The third-order valence-electron chi connectivity index (χ3n) is 3.33. The van der Waals surface area contributed by atoms with Crippen molar-refractivity contribution in [3.63, 3.8) is 0 Å². The van der Waals surface area contributed by atoms with Crippen LogP contribution in [-0.2, 0) is 9.59 Å². The number of nitrogens with zero attached hydrogens (tertiary/aromatic N) is 1. The predicted molar refractivity (Wildman–Crippen MR) is 94.5 cm³/mol. The number of hydrogen-bond acceptors (Lipinski definition) is 4.